The average molecular weight is 260 g/mol. The maximum atomic E-state index is 5.99. The average Bonchev–Trinajstić information content (AvgIpc) is 2.86. The third-order valence-electron chi connectivity index (χ3n) is 4.44. The molecular formula is C15H24N4. The molecule has 1 aromatic rings. The van der Waals surface area contributed by atoms with Crippen LogP contribution in [0.25, 0.3) is 0 Å². The number of piperazine rings is 1. The van der Waals surface area contributed by atoms with Gasteiger partial charge in [0.1, 0.15) is 5.82 Å². The molecule has 0 bridgehead atoms. The molecule has 2 atom stereocenters. The summed E-state index contributed by atoms with van der Waals surface area (Å²) in [6, 6.07) is 6.60. The molecule has 1 saturated carbocycles. The summed E-state index contributed by atoms with van der Waals surface area (Å²) in [5.41, 5.74) is 5.99. The molecule has 0 spiro atoms. The second kappa shape index (κ2) is 5.88. The van der Waals surface area contributed by atoms with Gasteiger partial charge in [-0.15, -0.1) is 0 Å². The Hall–Kier alpha value is -1.13. The summed E-state index contributed by atoms with van der Waals surface area (Å²) >= 11 is 0. The van der Waals surface area contributed by atoms with Crippen molar-refractivity contribution in [2.24, 2.45) is 11.7 Å². The first-order valence-corrected chi connectivity index (χ1v) is 7.45. The van der Waals surface area contributed by atoms with Crippen molar-refractivity contribution in [2.75, 3.05) is 37.6 Å². The Morgan fingerprint density at radius 2 is 2.00 bits per heavy atom. The maximum Gasteiger partial charge on any atom is 0.128 e. The molecule has 2 fully saturated rings. The molecule has 0 aromatic carbocycles. The summed E-state index contributed by atoms with van der Waals surface area (Å²) in [6.07, 6.45) is 5.64. The highest BCUT2D eigenvalue weighted by Gasteiger charge is 2.25. The van der Waals surface area contributed by atoms with E-state index in [-0.39, 0.29) is 0 Å². The molecule has 2 heterocycles. The third kappa shape index (κ3) is 3.25. The Labute approximate surface area is 115 Å². The first-order chi connectivity index (χ1) is 9.31. The van der Waals surface area contributed by atoms with E-state index in [0.29, 0.717) is 6.04 Å². The molecule has 0 amide bonds. The minimum absolute atomic E-state index is 0.458. The molecule has 4 heteroatoms. The molecule has 2 unspecified atom stereocenters. The van der Waals surface area contributed by atoms with Crippen LogP contribution < -0.4 is 10.6 Å². The van der Waals surface area contributed by atoms with Gasteiger partial charge in [-0.2, -0.15) is 0 Å². The lowest BCUT2D eigenvalue weighted by atomic mass is 10.1. The van der Waals surface area contributed by atoms with Gasteiger partial charge >= 0.3 is 0 Å². The summed E-state index contributed by atoms with van der Waals surface area (Å²) in [5.74, 6) is 1.95. The predicted molar refractivity (Wildman–Crippen MR) is 78.2 cm³/mol. The van der Waals surface area contributed by atoms with Crippen LogP contribution in [-0.4, -0.2) is 48.6 Å². The van der Waals surface area contributed by atoms with E-state index >= 15 is 0 Å². The highest BCUT2D eigenvalue weighted by atomic mass is 15.3. The van der Waals surface area contributed by atoms with Crippen LogP contribution >= 0.6 is 0 Å². The van der Waals surface area contributed by atoms with Crippen LogP contribution in [-0.2, 0) is 0 Å². The van der Waals surface area contributed by atoms with Crippen molar-refractivity contribution in [3.8, 4) is 0 Å². The third-order valence-corrected chi connectivity index (χ3v) is 4.44. The second-order valence-corrected chi connectivity index (χ2v) is 5.91. The van der Waals surface area contributed by atoms with Crippen LogP contribution in [0.15, 0.2) is 24.4 Å². The lowest BCUT2D eigenvalue weighted by molar-refractivity contribution is 0.218. The lowest BCUT2D eigenvalue weighted by Crippen LogP contribution is -2.48. The molecule has 104 valence electrons. The van der Waals surface area contributed by atoms with Gasteiger partial charge in [-0.25, -0.2) is 4.98 Å². The summed E-state index contributed by atoms with van der Waals surface area (Å²) in [4.78, 5) is 9.42. The van der Waals surface area contributed by atoms with Crippen molar-refractivity contribution in [3.05, 3.63) is 24.4 Å². The van der Waals surface area contributed by atoms with Gasteiger partial charge < -0.3 is 10.6 Å². The van der Waals surface area contributed by atoms with Crippen molar-refractivity contribution in [3.63, 3.8) is 0 Å². The van der Waals surface area contributed by atoms with Gasteiger partial charge in [0.2, 0.25) is 0 Å². The van der Waals surface area contributed by atoms with Crippen molar-refractivity contribution < 1.29 is 0 Å². The van der Waals surface area contributed by atoms with Crippen LogP contribution in [0.5, 0.6) is 0 Å². The van der Waals surface area contributed by atoms with E-state index in [4.69, 9.17) is 5.73 Å². The number of hydrogen-bond donors (Lipinski definition) is 1. The zero-order valence-electron chi connectivity index (χ0n) is 11.5. The Bertz CT molecular complexity index is 386. The molecular weight excluding hydrogens is 236 g/mol. The fraction of sp³-hybridized carbons (Fsp3) is 0.667. The molecule has 1 saturated heterocycles. The SMILES string of the molecule is NC1CCC(CN2CCN(c3ccccn3)CC2)C1. The molecule has 4 nitrogen and oxygen atoms in total. The van der Waals surface area contributed by atoms with E-state index in [1.807, 2.05) is 12.3 Å². The van der Waals surface area contributed by atoms with E-state index < -0.39 is 0 Å². The summed E-state index contributed by atoms with van der Waals surface area (Å²) in [5, 5.41) is 0. The molecule has 3 rings (SSSR count). The van der Waals surface area contributed by atoms with E-state index in [1.54, 1.807) is 0 Å². The minimum atomic E-state index is 0.458. The number of hydrogen-bond acceptors (Lipinski definition) is 4. The van der Waals surface area contributed by atoms with Crippen molar-refractivity contribution in [1.82, 2.24) is 9.88 Å². The molecule has 1 aliphatic carbocycles. The summed E-state index contributed by atoms with van der Waals surface area (Å²) < 4.78 is 0. The van der Waals surface area contributed by atoms with Gasteiger partial charge in [0.25, 0.3) is 0 Å². The number of anilines is 1. The van der Waals surface area contributed by atoms with Crippen LogP contribution in [0.2, 0.25) is 0 Å². The van der Waals surface area contributed by atoms with Gasteiger partial charge in [0.05, 0.1) is 0 Å². The summed E-state index contributed by atoms with van der Waals surface area (Å²) in [6.45, 7) is 5.74. The number of rotatable bonds is 3. The molecule has 19 heavy (non-hydrogen) atoms. The zero-order valence-corrected chi connectivity index (χ0v) is 11.5. The topological polar surface area (TPSA) is 45.4 Å². The van der Waals surface area contributed by atoms with Crippen LogP contribution in [0.4, 0.5) is 5.82 Å². The first kappa shape index (κ1) is 12.9. The highest BCUT2D eigenvalue weighted by Crippen LogP contribution is 2.25. The minimum Gasteiger partial charge on any atom is -0.354 e. The molecule has 1 aromatic heterocycles. The van der Waals surface area contributed by atoms with Crippen LogP contribution in [0, 0.1) is 5.92 Å². The standard InChI is InChI=1S/C15H24N4/c16-14-5-4-13(11-14)12-18-7-9-19(10-8-18)15-3-1-2-6-17-15/h1-3,6,13-14H,4-5,7-12,16H2. The summed E-state index contributed by atoms with van der Waals surface area (Å²) in [7, 11) is 0. The number of nitrogens with two attached hydrogens (primary N) is 1. The quantitative estimate of drug-likeness (QED) is 0.890. The predicted octanol–water partition coefficient (Wildman–Crippen LogP) is 1.33. The van der Waals surface area contributed by atoms with Crippen molar-refractivity contribution >= 4 is 5.82 Å². The fourth-order valence-corrected chi connectivity index (χ4v) is 3.34. The number of pyridine rings is 1. The smallest absolute Gasteiger partial charge is 0.128 e. The van der Waals surface area contributed by atoms with E-state index in [9.17, 15) is 0 Å². The molecule has 1 aliphatic heterocycles. The Morgan fingerprint density at radius 1 is 1.16 bits per heavy atom. The largest absolute Gasteiger partial charge is 0.354 e. The number of nitrogens with zero attached hydrogens (tertiary/aromatic N) is 3. The Kier molecular flexibility index (Phi) is 3.99. The molecule has 2 aliphatic rings. The number of aromatic nitrogens is 1. The van der Waals surface area contributed by atoms with Crippen LogP contribution in [0.1, 0.15) is 19.3 Å². The van der Waals surface area contributed by atoms with Crippen molar-refractivity contribution in [2.45, 2.75) is 25.3 Å². The van der Waals surface area contributed by atoms with E-state index in [2.05, 4.69) is 26.9 Å². The molecule has 0 radical (unpaired) electrons. The Balaban J connectivity index is 1.47. The Morgan fingerprint density at radius 3 is 2.63 bits per heavy atom. The fourth-order valence-electron chi connectivity index (χ4n) is 3.34. The van der Waals surface area contributed by atoms with Gasteiger partial charge in [-0.05, 0) is 37.3 Å². The van der Waals surface area contributed by atoms with Gasteiger partial charge in [0, 0.05) is 45.0 Å². The van der Waals surface area contributed by atoms with E-state index in [1.165, 1.54) is 25.8 Å². The molecule has 2 N–H and O–H groups in total. The van der Waals surface area contributed by atoms with Gasteiger partial charge in [0.15, 0.2) is 0 Å². The maximum absolute atomic E-state index is 5.99. The van der Waals surface area contributed by atoms with Gasteiger partial charge in [-0.3, -0.25) is 4.90 Å². The van der Waals surface area contributed by atoms with E-state index in [0.717, 1.165) is 37.9 Å². The van der Waals surface area contributed by atoms with Gasteiger partial charge in [-0.1, -0.05) is 6.07 Å². The monoisotopic (exact) mass is 260 g/mol. The van der Waals surface area contributed by atoms with Crippen LogP contribution in [0.3, 0.4) is 0 Å². The first-order valence-electron chi connectivity index (χ1n) is 7.45. The normalized spacial score (nSPS) is 28.8. The highest BCUT2D eigenvalue weighted by molar-refractivity contribution is 5.38. The second-order valence-electron chi connectivity index (χ2n) is 5.91. The lowest BCUT2D eigenvalue weighted by Gasteiger charge is -2.36. The zero-order chi connectivity index (χ0) is 13.1. The van der Waals surface area contributed by atoms with Crippen molar-refractivity contribution in [1.29, 1.82) is 0 Å².